The van der Waals surface area contributed by atoms with Gasteiger partial charge in [-0.2, -0.15) is 18.3 Å². The molecule has 1 heterocycles. The molecule has 0 bridgehead atoms. The van der Waals surface area contributed by atoms with Crippen LogP contribution in [0.1, 0.15) is 21.6 Å². The van der Waals surface area contributed by atoms with Gasteiger partial charge in [-0.1, -0.05) is 12.1 Å². The smallest absolute Gasteiger partial charge is 0.416 e. The first-order valence-electron chi connectivity index (χ1n) is 8.08. The number of hydrogen-bond donors (Lipinski definition) is 1. The molecule has 3 aromatic rings. The number of carbonyl (C=O) groups excluding carboxylic acids is 1. The molecular formula is C19H15BrF3N3O2. The van der Waals surface area contributed by atoms with E-state index in [1.165, 1.54) is 30.1 Å². The van der Waals surface area contributed by atoms with E-state index >= 15 is 0 Å². The quantitative estimate of drug-likeness (QED) is 0.588. The average Bonchev–Trinajstić information content (AvgIpc) is 3.08. The molecule has 0 radical (unpaired) electrons. The third-order valence-electron chi connectivity index (χ3n) is 3.93. The van der Waals surface area contributed by atoms with Crippen LogP contribution in [0.3, 0.4) is 0 Å². The Balaban J connectivity index is 1.93. The van der Waals surface area contributed by atoms with Gasteiger partial charge in [-0.3, -0.25) is 4.79 Å². The van der Waals surface area contributed by atoms with Gasteiger partial charge in [0.2, 0.25) is 0 Å². The van der Waals surface area contributed by atoms with Gasteiger partial charge in [0.25, 0.3) is 5.91 Å². The second kappa shape index (κ2) is 7.67. The van der Waals surface area contributed by atoms with E-state index in [2.05, 4.69) is 26.3 Å². The van der Waals surface area contributed by atoms with E-state index in [1.54, 1.807) is 6.07 Å². The SMILES string of the molecule is COc1cn(-c2cccc(C(F)(F)F)c2)nc1C(=O)Nc1ccc(C)cc1Br. The minimum Gasteiger partial charge on any atom is -0.493 e. The number of amides is 1. The van der Waals surface area contributed by atoms with Crippen LogP contribution in [0, 0.1) is 6.92 Å². The molecule has 0 aliphatic heterocycles. The first-order valence-corrected chi connectivity index (χ1v) is 8.87. The molecule has 3 rings (SSSR count). The van der Waals surface area contributed by atoms with E-state index in [4.69, 9.17) is 4.74 Å². The van der Waals surface area contributed by atoms with Gasteiger partial charge in [-0.15, -0.1) is 0 Å². The normalized spacial score (nSPS) is 11.4. The maximum Gasteiger partial charge on any atom is 0.416 e. The summed E-state index contributed by atoms with van der Waals surface area (Å²) in [4.78, 5) is 12.6. The van der Waals surface area contributed by atoms with E-state index in [9.17, 15) is 18.0 Å². The highest BCUT2D eigenvalue weighted by molar-refractivity contribution is 9.10. The van der Waals surface area contributed by atoms with E-state index in [0.717, 1.165) is 17.7 Å². The molecule has 1 aromatic heterocycles. The third-order valence-corrected chi connectivity index (χ3v) is 4.58. The zero-order valence-electron chi connectivity index (χ0n) is 14.8. The molecule has 0 spiro atoms. The number of carbonyl (C=O) groups is 1. The summed E-state index contributed by atoms with van der Waals surface area (Å²) < 4.78 is 45.9. The van der Waals surface area contributed by atoms with Crippen LogP contribution in [0.2, 0.25) is 0 Å². The summed E-state index contributed by atoms with van der Waals surface area (Å²) in [6, 6.07) is 10.0. The number of nitrogens with zero attached hydrogens (tertiary/aromatic N) is 2. The number of halogens is 4. The Bertz CT molecular complexity index is 1030. The van der Waals surface area contributed by atoms with Crippen LogP contribution >= 0.6 is 15.9 Å². The van der Waals surface area contributed by atoms with Gasteiger partial charge in [-0.05, 0) is 58.7 Å². The van der Waals surface area contributed by atoms with Crippen molar-refractivity contribution in [2.45, 2.75) is 13.1 Å². The van der Waals surface area contributed by atoms with Crippen molar-refractivity contribution < 1.29 is 22.7 Å². The molecule has 0 unspecified atom stereocenters. The minimum atomic E-state index is -4.48. The van der Waals surface area contributed by atoms with Crippen LogP contribution in [0.5, 0.6) is 5.75 Å². The Labute approximate surface area is 167 Å². The molecule has 2 aromatic carbocycles. The van der Waals surface area contributed by atoms with Gasteiger partial charge in [-0.25, -0.2) is 4.68 Å². The summed E-state index contributed by atoms with van der Waals surface area (Å²) in [5, 5.41) is 6.82. The number of alkyl halides is 3. The molecule has 1 amide bonds. The number of hydrogen-bond acceptors (Lipinski definition) is 3. The van der Waals surface area contributed by atoms with Crippen LogP contribution < -0.4 is 10.1 Å². The molecule has 0 aliphatic carbocycles. The highest BCUT2D eigenvalue weighted by atomic mass is 79.9. The van der Waals surface area contributed by atoms with Gasteiger partial charge in [0.05, 0.1) is 30.2 Å². The third kappa shape index (κ3) is 4.19. The number of aryl methyl sites for hydroxylation is 1. The molecular weight excluding hydrogens is 439 g/mol. The fourth-order valence-corrected chi connectivity index (χ4v) is 3.12. The lowest BCUT2D eigenvalue weighted by atomic mass is 10.2. The lowest BCUT2D eigenvalue weighted by Crippen LogP contribution is -2.14. The summed E-state index contributed by atoms with van der Waals surface area (Å²) in [5.41, 5.74) is 0.840. The maximum absolute atomic E-state index is 12.9. The van der Waals surface area contributed by atoms with Crippen LogP contribution in [-0.4, -0.2) is 22.8 Å². The van der Waals surface area contributed by atoms with Crippen LogP contribution in [0.4, 0.5) is 18.9 Å². The summed E-state index contributed by atoms with van der Waals surface area (Å²) in [6.07, 6.45) is -3.13. The first-order chi connectivity index (χ1) is 13.2. The number of ether oxygens (including phenoxy) is 1. The van der Waals surface area contributed by atoms with Crippen LogP contribution in [-0.2, 0) is 6.18 Å². The predicted octanol–water partition coefficient (Wildman–Crippen LogP) is 5.22. The summed E-state index contributed by atoms with van der Waals surface area (Å²) in [5.74, 6) is -0.412. The Morgan fingerprint density at radius 2 is 1.96 bits per heavy atom. The molecule has 146 valence electrons. The monoisotopic (exact) mass is 453 g/mol. The zero-order chi connectivity index (χ0) is 20.5. The number of nitrogens with one attached hydrogen (secondary N) is 1. The highest BCUT2D eigenvalue weighted by Gasteiger charge is 2.30. The van der Waals surface area contributed by atoms with Crippen LogP contribution in [0.15, 0.2) is 53.1 Å². The molecule has 0 saturated carbocycles. The number of benzene rings is 2. The van der Waals surface area contributed by atoms with Crippen molar-refractivity contribution in [1.29, 1.82) is 0 Å². The lowest BCUT2D eigenvalue weighted by Gasteiger charge is -2.08. The predicted molar refractivity (Wildman–Crippen MR) is 102 cm³/mol. The van der Waals surface area contributed by atoms with Crippen molar-refractivity contribution in [2.75, 3.05) is 12.4 Å². The summed E-state index contributed by atoms with van der Waals surface area (Å²) >= 11 is 3.37. The minimum absolute atomic E-state index is 0.0487. The van der Waals surface area contributed by atoms with Crippen molar-refractivity contribution in [3.63, 3.8) is 0 Å². The summed E-state index contributed by atoms with van der Waals surface area (Å²) in [6.45, 7) is 1.91. The molecule has 5 nitrogen and oxygen atoms in total. The van der Waals surface area contributed by atoms with Crippen molar-refractivity contribution in [3.8, 4) is 11.4 Å². The highest BCUT2D eigenvalue weighted by Crippen LogP contribution is 2.31. The van der Waals surface area contributed by atoms with Crippen LogP contribution in [0.25, 0.3) is 5.69 Å². The number of aromatic nitrogens is 2. The number of anilines is 1. The van der Waals surface area contributed by atoms with E-state index < -0.39 is 17.6 Å². The largest absolute Gasteiger partial charge is 0.493 e. The molecule has 0 saturated heterocycles. The Kier molecular flexibility index (Phi) is 5.46. The van der Waals surface area contributed by atoms with E-state index in [-0.39, 0.29) is 17.1 Å². The van der Waals surface area contributed by atoms with Crippen molar-refractivity contribution >= 4 is 27.5 Å². The standard InChI is InChI=1S/C19H15BrF3N3O2/c1-11-6-7-15(14(20)8-11)24-18(27)17-16(28-2)10-26(25-17)13-5-3-4-12(9-13)19(21,22)23/h3-10H,1-2H3,(H,24,27). The van der Waals surface area contributed by atoms with Gasteiger partial charge >= 0.3 is 6.18 Å². The second-order valence-electron chi connectivity index (χ2n) is 5.98. The molecule has 28 heavy (non-hydrogen) atoms. The molecule has 0 aliphatic rings. The maximum atomic E-state index is 12.9. The summed E-state index contributed by atoms with van der Waals surface area (Å²) in [7, 11) is 1.35. The zero-order valence-corrected chi connectivity index (χ0v) is 16.4. The lowest BCUT2D eigenvalue weighted by molar-refractivity contribution is -0.137. The van der Waals surface area contributed by atoms with Gasteiger partial charge in [0, 0.05) is 4.47 Å². The fraction of sp³-hybridized carbons (Fsp3) is 0.158. The first kappa shape index (κ1) is 19.9. The van der Waals surface area contributed by atoms with Gasteiger partial charge < -0.3 is 10.1 Å². The average molecular weight is 454 g/mol. The Hall–Kier alpha value is -2.81. The van der Waals surface area contributed by atoms with Crippen molar-refractivity contribution in [2.24, 2.45) is 0 Å². The molecule has 0 atom stereocenters. The van der Waals surface area contributed by atoms with Gasteiger partial charge in [0.1, 0.15) is 0 Å². The molecule has 1 N–H and O–H groups in total. The number of methoxy groups -OCH3 is 1. The van der Waals surface area contributed by atoms with Gasteiger partial charge in [0.15, 0.2) is 11.4 Å². The van der Waals surface area contributed by atoms with Crippen molar-refractivity contribution in [1.82, 2.24) is 9.78 Å². The van der Waals surface area contributed by atoms with E-state index in [1.807, 2.05) is 19.1 Å². The topological polar surface area (TPSA) is 56.2 Å². The molecule has 9 heteroatoms. The Morgan fingerprint density at radius 3 is 2.61 bits per heavy atom. The van der Waals surface area contributed by atoms with E-state index in [0.29, 0.717) is 10.2 Å². The number of rotatable bonds is 4. The fourth-order valence-electron chi connectivity index (χ4n) is 2.52. The second-order valence-corrected chi connectivity index (χ2v) is 6.83. The molecule has 0 fully saturated rings. The Morgan fingerprint density at radius 1 is 1.21 bits per heavy atom. The van der Waals surface area contributed by atoms with Crippen molar-refractivity contribution in [3.05, 3.63) is 70.0 Å².